The van der Waals surface area contributed by atoms with E-state index in [9.17, 15) is 9.90 Å². The molecule has 136 valence electrons. The Bertz CT molecular complexity index is 895. The number of benzene rings is 1. The van der Waals surface area contributed by atoms with E-state index < -0.39 is 0 Å². The van der Waals surface area contributed by atoms with E-state index in [1.165, 1.54) is 18.3 Å². The second-order valence-corrected chi connectivity index (χ2v) is 7.63. The standard InChI is InChI=1S/C18H21N5O2S/c1-11(24)19-14-4-2-3-12(9-14)16-10-23-18(21-16)26-17(22-23)20-13-5-7-15(25)8-6-13/h2-4,9-10,13,15,25H,5-8H2,1H3,(H,19,24)(H,20,22). The lowest BCUT2D eigenvalue weighted by Crippen LogP contribution is -2.28. The largest absolute Gasteiger partial charge is 0.393 e. The van der Waals surface area contributed by atoms with E-state index in [0.717, 1.165) is 52.7 Å². The fraction of sp³-hybridized carbons (Fsp3) is 0.389. The van der Waals surface area contributed by atoms with Crippen molar-refractivity contribution in [2.45, 2.75) is 44.8 Å². The number of aliphatic hydroxyl groups excluding tert-OH is 1. The van der Waals surface area contributed by atoms with Crippen LogP contribution in [0.5, 0.6) is 0 Å². The van der Waals surface area contributed by atoms with Gasteiger partial charge in [-0.15, -0.1) is 5.10 Å². The van der Waals surface area contributed by atoms with Crippen LogP contribution in [0.1, 0.15) is 32.6 Å². The molecule has 0 unspecified atom stereocenters. The normalized spacial score (nSPS) is 20.2. The number of amides is 1. The maximum atomic E-state index is 11.2. The van der Waals surface area contributed by atoms with Crippen LogP contribution in [-0.4, -0.2) is 37.8 Å². The van der Waals surface area contributed by atoms with E-state index in [4.69, 9.17) is 0 Å². The molecule has 0 bridgehead atoms. The zero-order valence-electron chi connectivity index (χ0n) is 14.5. The summed E-state index contributed by atoms with van der Waals surface area (Å²) in [5.74, 6) is -0.0967. The minimum atomic E-state index is -0.155. The molecule has 2 heterocycles. The zero-order chi connectivity index (χ0) is 18.1. The number of anilines is 2. The molecule has 2 aromatic heterocycles. The highest BCUT2D eigenvalue weighted by atomic mass is 32.1. The Morgan fingerprint density at radius 3 is 2.85 bits per heavy atom. The van der Waals surface area contributed by atoms with Gasteiger partial charge < -0.3 is 15.7 Å². The Kier molecular flexibility index (Phi) is 4.60. The summed E-state index contributed by atoms with van der Waals surface area (Å²) in [4.78, 5) is 16.7. The van der Waals surface area contributed by atoms with Crippen LogP contribution in [0, 0.1) is 0 Å². The first kappa shape index (κ1) is 17.0. The minimum Gasteiger partial charge on any atom is -0.393 e. The Hall–Kier alpha value is -2.45. The highest BCUT2D eigenvalue weighted by molar-refractivity contribution is 7.20. The third-order valence-electron chi connectivity index (χ3n) is 4.55. The molecule has 1 fully saturated rings. The lowest BCUT2D eigenvalue weighted by Gasteiger charge is -2.25. The van der Waals surface area contributed by atoms with Gasteiger partial charge in [-0.3, -0.25) is 4.79 Å². The number of hydrogen-bond acceptors (Lipinski definition) is 6. The third-order valence-corrected chi connectivity index (χ3v) is 5.40. The molecule has 0 aliphatic heterocycles. The molecule has 8 heteroatoms. The van der Waals surface area contributed by atoms with E-state index in [0.29, 0.717) is 6.04 Å². The van der Waals surface area contributed by atoms with Gasteiger partial charge in [0, 0.05) is 24.2 Å². The van der Waals surface area contributed by atoms with Gasteiger partial charge >= 0.3 is 0 Å². The van der Waals surface area contributed by atoms with Crippen LogP contribution in [0.2, 0.25) is 0 Å². The first-order chi connectivity index (χ1) is 12.6. The SMILES string of the molecule is CC(=O)Nc1cccc(-c2cn3nc(NC4CCC(O)CC4)sc3n2)c1. The van der Waals surface area contributed by atoms with E-state index in [1.54, 1.807) is 4.52 Å². The number of fused-ring (bicyclic) bond motifs is 1. The molecule has 1 aliphatic carbocycles. The van der Waals surface area contributed by atoms with Gasteiger partial charge in [-0.1, -0.05) is 23.5 Å². The first-order valence-electron chi connectivity index (χ1n) is 8.75. The molecular weight excluding hydrogens is 350 g/mol. The average molecular weight is 371 g/mol. The molecule has 0 radical (unpaired) electrons. The Morgan fingerprint density at radius 1 is 1.31 bits per heavy atom. The number of imidazole rings is 1. The van der Waals surface area contributed by atoms with Crippen molar-refractivity contribution in [3.8, 4) is 11.3 Å². The van der Waals surface area contributed by atoms with Gasteiger partial charge in [-0.2, -0.15) is 0 Å². The van der Waals surface area contributed by atoms with Crippen LogP contribution in [-0.2, 0) is 4.79 Å². The summed E-state index contributed by atoms with van der Waals surface area (Å²) in [7, 11) is 0. The fourth-order valence-corrected chi connectivity index (χ4v) is 4.11. The van der Waals surface area contributed by atoms with Crippen LogP contribution in [0.15, 0.2) is 30.5 Å². The van der Waals surface area contributed by atoms with Crippen molar-refractivity contribution < 1.29 is 9.90 Å². The van der Waals surface area contributed by atoms with E-state index >= 15 is 0 Å². The lowest BCUT2D eigenvalue weighted by molar-refractivity contribution is -0.114. The van der Waals surface area contributed by atoms with Gasteiger partial charge in [0.2, 0.25) is 16.0 Å². The average Bonchev–Trinajstić information content (AvgIpc) is 3.15. The number of carbonyl (C=O) groups is 1. The van der Waals surface area contributed by atoms with E-state index in [1.807, 2.05) is 30.5 Å². The molecule has 1 amide bonds. The van der Waals surface area contributed by atoms with E-state index in [2.05, 4.69) is 20.7 Å². The van der Waals surface area contributed by atoms with Gasteiger partial charge in [-0.05, 0) is 37.8 Å². The fourth-order valence-electron chi connectivity index (χ4n) is 3.25. The molecule has 0 saturated heterocycles. The zero-order valence-corrected chi connectivity index (χ0v) is 15.3. The van der Waals surface area contributed by atoms with Crippen molar-refractivity contribution in [3.05, 3.63) is 30.5 Å². The van der Waals surface area contributed by atoms with Crippen LogP contribution in [0.3, 0.4) is 0 Å². The summed E-state index contributed by atoms with van der Waals surface area (Å²) in [6.45, 7) is 1.49. The summed E-state index contributed by atoms with van der Waals surface area (Å²) in [5.41, 5.74) is 2.51. The smallest absolute Gasteiger partial charge is 0.221 e. The van der Waals surface area contributed by atoms with Gasteiger partial charge in [0.15, 0.2) is 0 Å². The number of nitrogens with zero attached hydrogens (tertiary/aromatic N) is 3. The molecule has 3 N–H and O–H groups in total. The Morgan fingerprint density at radius 2 is 2.12 bits per heavy atom. The van der Waals surface area contributed by atoms with Crippen molar-refractivity contribution in [1.82, 2.24) is 14.6 Å². The second-order valence-electron chi connectivity index (χ2n) is 6.67. The van der Waals surface area contributed by atoms with Gasteiger partial charge in [-0.25, -0.2) is 9.50 Å². The quantitative estimate of drug-likeness (QED) is 0.655. The highest BCUT2D eigenvalue weighted by Gasteiger charge is 2.20. The number of nitrogens with one attached hydrogen (secondary N) is 2. The van der Waals surface area contributed by atoms with Gasteiger partial charge in [0.05, 0.1) is 18.0 Å². The predicted octanol–water partition coefficient (Wildman–Crippen LogP) is 3.13. The predicted molar refractivity (Wildman–Crippen MR) is 102 cm³/mol. The minimum absolute atomic E-state index is 0.0967. The molecule has 0 spiro atoms. The van der Waals surface area contributed by atoms with E-state index in [-0.39, 0.29) is 12.0 Å². The first-order valence-corrected chi connectivity index (χ1v) is 9.57. The van der Waals surface area contributed by atoms with Gasteiger partial charge in [0.1, 0.15) is 0 Å². The van der Waals surface area contributed by atoms with Crippen LogP contribution >= 0.6 is 11.3 Å². The van der Waals surface area contributed by atoms with Crippen molar-refractivity contribution in [2.75, 3.05) is 10.6 Å². The van der Waals surface area contributed by atoms with Crippen molar-refractivity contribution in [3.63, 3.8) is 0 Å². The maximum absolute atomic E-state index is 11.2. The maximum Gasteiger partial charge on any atom is 0.221 e. The number of hydrogen-bond donors (Lipinski definition) is 3. The molecule has 1 aliphatic rings. The van der Waals surface area contributed by atoms with Crippen molar-refractivity contribution in [1.29, 1.82) is 0 Å². The topological polar surface area (TPSA) is 91.6 Å². The molecule has 1 saturated carbocycles. The monoisotopic (exact) mass is 371 g/mol. The lowest BCUT2D eigenvalue weighted by atomic mass is 9.93. The van der Waals surface area contributed by atoms with Crippen molar-refractivity contribution in [2.24, 2.45) is 0 Å². The molecule has 7 nitrogen and oxygen atoms in total. The highest BCUT2D eigenvalue weighted by Crippen LogP contribution is 2.28. The summed E-state index contributed by atoms with van der Waals surface area (Å²) >= 11 is 1.52. The third kappa shape index (κ3) is 3.71. The summed E-state index contributed by atoms with van der Waals surface area (Å²) in [6, 6.07) is 7.98. The molecule has 3 aromatic rings. The Balaban J connectivity index is 1.50. The summed E-state index contributed by atoms with van der Waals surface area (Å²) in [6.07, 6.45) is 5.35. The molecule has 26 heavy (non-hydrogen) atoms. The molecule has 1 aromatic carbocycles. The molecule has 0 atom stereocenters. The van der Waals surface area contributed by atoms with Crippen molar-refractivity contribution >= 4 is 33.0 Å². The van der Waals surface area contributed by atoms with Gasteiger partial charge in [0.25, 0.3) is 0 Å². The number of aromatic nitrogens is 3. The van der Waals surface area contributed by atoms with Crippen LogP contribution in [0.25, 0.3) is 16.2 Å². The number of aliphatic hydroxyl groups is 1. The number of carbonyl (C=O) groups excluding carboxylic acids is 1. The van der Waals surface area contributed by atoms with Crippen LogP contribution in [0.4, 0.5) is 10.8 Å². The summed E-state index contributed by atoms with van der Waals surface area (Å²) in [5, 5.41) is 21.3. The number of rotatable bonds is 4. The molecule has 4 rings (SSSR count). The van der Waals surface area contributed by atoms with Crippen LogP contribution < -0.4 is 10.6 Å². The second kappa shape index (κ2) is 7.05. The molecular formula is C18H21N5O2S. The summed E-state index contributed by atoms with van der Waals surface area (Å²) < 4.78 is 1.78. The Labute approximate surface area is 155 Å².